The topological polar surface area (TPSA) is 7.65 Å². The summed E-state index contributed by atoms with van der Waals surface area (Å²) >= 11 is 0. The van der Waals surface area contributed by atoms with Crippen LogP contribution in [-0.4, -0.2) is 11.4 Å². The molecule has 1 aliphatic rings. The van der Waals surface area contributed by atoms with E-state index in [0.29, 0.717) is 6.04 Å². The van der Waals surface area contributed by atoms with E-state index in [1.54, 1.807) is 0 Å². The fourth-order valence-electron chi connectivity index (χ4n) is 4.58. The molecule has 2 aromatic heterocycles. The van der Waals surface area contributed by atoms with Gasteiger partial charge in [0.25, 0.3) is 0 Å². The van der Waals surface area contributed by atoms with Crippen LogP contribution in [0, 0.1) is 12.3 Å². The highest BCUT2D eigenvalue weighted by molar-refractivity contribution is 5.65. The maximum absolute atomic E-state index is 2.48. The Hall–Kier alpha value is -2.22. The van der Waals surface area contributed by atoms with Crippen molar-refractivity contribution in [2.24, 2.45) is 5.41 Å². The normalized spacial score (nSPS) is 19.2. The van der Waals surface area contributed by atoms with Crippen LogP contribution in [0.2, 0.25) is 0 Å². The van der Waals surface area contributed by atoms with E-state index in [0.717, 1.165) is 6.42 Å². The third-order valence-corrected chi connectivity index (χ3v) is 5.82. The number of benzene rings is 1. The minimum atomic E-state index is 0.243. The third-order valence-electron chi connectivity index (χ3n) is 5.82. The lowest BCUT2D eigenvalue weighted by atomic mass is 9.70. The van der Waals surface area contributed by atoms with E-state index in [9.17, 15) is 0 Å². The molecule has 0 N–H and O–H groups in total. The van der Waals surface area contributed by atoms with Crippen LogP contribution in [0.4, 0.5) is 5.69 Å². The van der Waals surface area contributed by atoms with Gasteiger partial charge in [0.2, 0.25) is 0 Å². The predicted octanol–water partition coefficient (Wildman–Crippen LogP) is 5.40. The largest absolute Gasteiger partial charge is 0.367 e. The molecule has 24 heavy (non-hydrogen) atoms. The Morgan fingerprint density at radius 3 is 2.50 bits per heavy atom. The van der Waals surface area contributed by atoms with Gasteiger partial charge in [-0.15, -0.1) is 0 Å². The molecule has 0 fully saturated rings. The van der Waals surface area contributed by atoms with Crippen LogP contribution in [0.1, 0.15) is 43.1 Å². The molecule has 1 atom stereocenters. The van der Waals surface area contributed by atoms with Crippen molar-refractivity contribution in [2.45, 2.75) is 39.7 Å². The van der Waals surface area contributed by atoms with Gasteiger partial charge in [-0.05, 0) is 60.6 Å². The number of fused-ring (bicyclic) bond motifs is 3. The molecule has 0 spiro atoms. The summed E-state index contributed by atoms with van der Waals surface area (Å²) in [7, 11) is 2.25. The number of anilines is 1. The summed E-state index contributed by atoms with van der Waals surface area (Å²) in [6.45, 7) is 7.13. The van der Waals surface area contributed by atoms with Crippen molar-refractivity contribution < 1.29 is 0 Å². The average Bonchev–Trinajstić information content (AvgIpc) is 2.87. The van der Waals surface area contributed by atoms with E-state index in [4.69, 9.17) is 0 Å². The summed E-state index contributed by atoms with van der Waals surface area (Å²) in [4.78, 5) is 2.48. The molecular weight excluding hydrogens is 292 g/mol. The van der Waals surface area contributed by atoms with Gasteiger partial charge >= 0.3 is 0 Å². The van der Waals surface area contributed by atoms with Gasteiger partial charge in [0, 0.05) is 30.1 Å². The second-order valence-corrected chi connectivity index (χ2v) is 7.78. The maximum Gasteiger partial charge on any atom is 0.0610 e. The number of aryl methyl sites for hydroxylation is 2. The van der Waals surface area contributed by atoms with Crippen LogP contribution in [0.15, 0.2) is 54.7 Å². The van der Waals surface area contributed by atoms with Gasteiger partial charge in [0.1, 0.15) is 0 Å². The molecule has 4 rings (SSSR count). The minimum absolute atomic E-state index is 0.243. The van der Waals surface area contributed by atoms with E-state index in [-0.39, 0.29) is 5.41 Å². The number of hydrogen-bond donors (Lipinski definition) is 0. The molecule has 0 saturated heterocycles. The highest BCUT2D eigenvalue weighted by atomic mass is 15.2. The van der Waals surface area contributed by atoms with Crippen LogP contribution in [0.25, 0.3) is 5.52 Å². The van der Waals surface area contributed by atoms with Gasteiger partial charge in [-0.1, -0.05) is 38.1 Å². The summed E-state index contributed by atoms with van der Waals surface area (Å²) in [5.41, 5.74) is 7.35. The number of hydrogen-bond acceptors (Lipinski definition) is 1. The highest BCUT2D eigenvalue weighted by Gasteiger charge is 2.41. The molecule has 2 heteroatoms. The maximum atomic E-state index is 2.48. The molecule has 124 valence electrons. The van der Waals surface area contributed by atoms with Crippen molar-refractivity contribution in [1.82, 2.24) is 4.40 Å². The van der Waals surface area contributed by atoms with Gasteiger partial charge in [0.15, 0.2) is 0 Å². The number of aromatic nitrogens is 1. The van der Waals surface area contributed by atoms with Crippen LogP contribution in [-0.2, 0) is 6.42 Å². The smallest absolute Gasteiger partial charge is 0.0610 e. The number of para-hydroxylation sites is 1. The van der Waals surface area contributed by atoms with Crippen molar-refractivity contribution >= 4 is 11.2 Å². The van der Waals surface area contributed by atoms with Crippen molar-refractivity contribution in [1.29, 1.82) is 0 Å². The lowest BCUT2D eigenvalue weighted by Crippen LogP contribution is -2.39. The SMILES string of the molecule is Cc1c2c(n3ccccc13)CCC(C)(C)C2N(C)c1ccccc1. The molecular formula is C22H26N2. The summed E-state index contributed by atoms with van der Waals surface area (Å²) in [5, 5.41) is 0. The van der Waals surface area contributed by atoms with Gasteiger partial charge in [-0.25, -0.2) is 0 Å². The van der Waals surface area contributed by atoms with E-state index in [2.05, 4.69) is 91.8 Å². The monoisotopic (exact) mass is 318 g/mol. The zero-order valence-electron chi connectivity index (χ0n) is 15.1. The summed E-state index contributed by atoms with van der Waals surface area (Å²) in [6, 6.07) is 17.7. The van der Waals surface area contributed by atoms with E-state index >= 15 is 0 Å². The molecule has 0 saturated carbocycles. The van der Waals surface area contributed by atoms with Gasteiger partial charge in [-0.2, -0.15) is 0 Å². The van der Waals surface area contributed by atoms with Crippen molar-refractivity contribution in [2.75, 3.05) is 11.9 Å². The van der Waals surface area contributed by atoms with E-state index < -0.39 is 0 Å². The summed E-state index contributed by atoms with van der Waals surface area (Å²) in [6.07, 6.45) is 4.59. The third kappa shape index (κ3) is 2.16. The number of pyridine rings is 1. The van der Waals surface area contributed by atoms with Crippen LogP contribution >= 0.6 is 0 Å². The lowest BCUT2D eigenvalue weighted by molar-refractivity contribution is 0.240. The summed E-state index contributed by atoms with van der Waals surface area (Å²) < 4.78 is 2.41. The fourth-order valence-corrected chi connectivity index (χ4v) is 4.58. The predicted molar refractivity (Wildman–Crippen MR) is 102 cm³/mol. The molecule has 1 aromatic carbocycles. The molecule has 0 aliphatic heterocycles. The fraction of sp³-hybridized carbons (Fsp3) is 0.364. The minimum Gasteiger partial charge on any atom is -0.367 e. The van der Waals surface area contributed by atoms with Crippen LogP contribution in [0.3, 0.4) is 0 Å². The number of rotatable bonds is 2. The van der Waals surface area contributed by atoms with E-state index in [1.807, 2.05) is 0 Å². The molecule has 3 aromatic rings. The second kappa shape index (κ2) is 5.41. The van der Waals surface area contributed by atoms with Gasteiger partial charge in [-0.3, -0.25) is 0 Å². The first-order valence-electron chi connectivity index (χ1n) is 8.87. The van der Waals surface area contributed by atoms with Gasteiger partial charge < -0.3 is 9.30 Å². The highest BCUT2D eigenvalue weighted by Crippen LogP contribution is 2.50. The van der Waals surface area contributed by atoms with E-state index in [1.165, 1.54) is 34.4 Å². The Labute approximate surface area is 144 Å². The Morgan fingerprint density at radius 2 is 1.75 bits per heavy atom. The molecule has 2 heterocycles. The Kier molecular flexibility index (Phi) is 3.45. The average molecular weight is 318 g/mol. The zero-order chi connectivity index (χ0) is 16.9. The van der Waals surface area contributed by atoms with Crippen molar-refractivity contribution in [3.05, 3.63) is 71.5 Å². The number of nitrogens with zero attached hydrogens (tertiary/aromatic N) is 2. The van der Waals surface area contributed by atoms with Crippen LogP contribution in [0.5, 0.6) is 0 Å². The molecule has 0 radical (unpaired) electrons. The molecule has 2 nitrogen and oxygen atoms in total. The Morgan fingerprint density at radius 1 is 1.04 bits per heavy atom. The first-order chi connectivity index (χ1) is 11.5. The molecule has 0 amide bonds. The second-order valence-electron chi connectivity index (χ2n) is 7.78. The molecule has 1 aliphatic carbocycles. The molecule has 1 unspecified atom stereocenters. The van der Waals surface area contributed by atoms with Crippen molar-refractivity contribution in [3.8, 4) is 0 Å². The standard InChI is InChI=1S/C22H26N2/c1-16-18-12-8-9-15-24(18)19-13-14-22(2,3)21(20(16)19)23(4)17-10-6-5-7-11-17/h5-12,15,21H,13-14H2,1-4H3. The van der Waals surface area contributed by atoms with Crippen LogP contribution < -0.4 is 4.90 Å². The quantitative estimate of drug-likeness (QED) is 0.614. The first kappa shape index (κ1) is 15.3. The summed E-state index contributed by atoms with van der Waals surface area (Å²) in [5.74, 6) is 0. The Balaban J connectivity index is 1.94. The van der Waals surface area contributed by atoms with Gasteiger partial charge in [0.05, 0.1) is 6.04 Å². The lowest BCUT2D eigenvalue weighted by Gasteiger charge is -2.45. The van der Waals surface area contributed by atoms with Crippen molar-refractivity contribution in [3.63, 3.8) is 0 Å². The zero-order valence-corrected chi connectivity index (χ0v) is 15.1. The Bertz CT molecular complexity index is 874. The first-order valence-corrected chi connectivity index (χ1v) is 8.87. The molecule has 0 bridgehead atoms.